The van der Waals surface area contributed by atoms with Gasteiger partial charge in [0.05, 0.1) is 0 Å². The Balaban J connectivity index is 0.000000490. The van der Waals surface area contributed by atoms with Crippen molar-refractivity contribution in [3.63, 3.8) is 0 Å². The van der Waals surface area contributed by atoms with Crippen LogP contribution in [0, 0.1) is 0 Å². The fourth-order valence-corrected chi connectivity index (χ4v) is 0.560. The summed E-state index contributed by atoms with van der Waals surface area (Å²) in [5.74, 6) is 0. The maximum atomic E-state index is 5.54. The molecule has 1 aromatic carbocycles. The lowest BCUT2D eigenvalue weighted by atomic mass is 10.4. The first-order chi connectivity index (χ1) is 3.39. The van der Waals surface area contributed by atoms with E-state index in [9.17, 15) is 0 Å². The predicted molar refractivity (Wildman–Crippen MR) is 34.0 cm³/mol. The summed E-state index contributed by atoms with van der Waals surface area (Å²) >= 11 is 5.54. The SMILES string of the molecule is Clc1ccccc1.F. The highest BCUT2D eigenvalue weighted by Crippen LogP contribution is 2.03. The third-order valence-electron chi connectivity index (χ3n) is 0.733. The van der Waals surface area contributed by atoms with Crippen LogP contribution in [0.4, 0.5) is 4.70 Å². The molecule has 0 atom stereocenters. The normalized spacial score (nSPS) is 7.62. The van der Waals surface area contributed by atoms with Gasteiger partial charge in [-0.25, -0.2) is 0 Å². The summed E-state index contributed by atoms with van der Waals surface area (Å²) in [7, 11) is 0. The molecule has 44 valence electrons. The zero-order valence-corrected chi connectivity index (χ0v) is 4.93. The first kappa shape index (κ1) is 7.44. The second-order valence-electron chi connectivity index (χ2n) is 1.30. The van der Waals surface area contributed by atoms with Crippen LogP contribution >= 0.6 is 11.6 Å². The predicted octanol–water partition coefficient (Wildman–Crippen LogP) is 2.49. The second-order valence-corrected chi connectivity index (χ2v) is 1.73. The van der Waals surface area contributed by atoms with Gasteiger partial charge in [-0.3, -0.25) is 4.70 Å². The van der Waals surface area contributed by atoms with Gasteiger partial charge in [-0.05, 0) is 12.1 Å². The maximum Gasteiger partial charge on any atom is 0.0405 e. The van der Waals surface area contributed by atoms with Crippen LogP contribution < -0.4 is 0 Å². The summed E-state index contributed by atoms with van der Waals surface area (Å²) in [5.41, 5.74) is 0. The van der Waals surface area contributed by atoms with Gasteiger partial charge in [-0.2, -0.15) is 0 Å². The highest BCUT2D eigenvalue weighted by Gasteiger charge is 1.74. The van der Waals surface area contributed by atoms with E-state index in [2.05, 4.69) is 0 Å². The van der Waals surface area contributed by atoms with Crippen LogP contribution in [0.1, 0.15) is 0 Å². The van der Waals surface area contributed by atoms with Crippen LogP contribution in [-0.2, 0) is 0 Å². The topological polar surface area (TPSA) is 0 Å². The van der Waals surface area contributed by atoms with Crippen LogP contribution in [0.15, 0.2) is 30.3 Å². The van der Waals surface area contributed by atoms with Gasteiger partial charge in [0.15, 0.2) is 0 Å². The van der Waals surface area contributed by atoms with E-state index in [1.165, 1.54) is 0 Å². The van der Waals surface area contributed by atoms with Crippen LogP contribution in [0.3, 0.4) is 0 Å². The molecule has 0 aliphatic rings. The van der Waals surface area contributed by atoms with Crippen molar-refractivity contribution < 1.29 is 4.70 Å². The average Bonchev–Trinajstić information content (AvgIpc) is 1.69. The summed E-state index contributed by atoms with van der Waals surface area (Å²) in [5, 5.41) is 0.794. The minimum absolute atomic E-state index is 0. The van der Waals surface area contributed by atoms with Crippen molar-refractivity contribution in [3.05, 3.63) is 35.4 Å². The van der Waals surface area contributed by atoms with E-state index in [4.69, 9.17) is 11.6 Å². The molecule has 0 fully saturated rings. The van der Waals surface area contributed by atoms with Crippen molar-refractivity contribution in [3.8, 4) is 0 Å². The van der Waals surface area contributed by atoms with Gasteiger partial charge in [0.1, 0.15) is 0 Å². The Morgan fingerprint density at radius 1 is 1.00 bits per heavy atom. The lowest BCUT2D eigenvalue weighted by Gasteiger charge is -1.80. The Morgan fingerprint density at radius 3 is 1.75 bits per heavy atom. The van der Waals surface area contributed by atoms with Crippen molar-refractivity contribution in [2.45, 2.75) is 0 Å². The molecule has 0 heterocycles. The number of hydrogen-bond donors (Lipinski definition) is 0. The Labute approximate surface area is 52.5 Å². The molecule has 0 aliphatic heterocycles. The number of hydrogen-bond acceptors (Lipinski definition) is 0. The fourth-order valence-electron chi connectivity index (χ4n) is 0.415. The van der Waals surface area contributed by atoms with Gasteiger partial charge in [0.25, 0.3) is 0 Å². The Bertz CT molecular complexity index is 138. The quantitative estimate of drug-likeness (QED) is 0.509. The summed E-state index contributed by atoms with van der Waals surface area (Å²) in [4.78, 5) is 0. The van der Waals surface area contributed by atoms with Crippen LogP contribution in [0.2, 0.25) is 5.02 Å². The fraction of sp³-hybridized carbons (Fsp3) is 0. The largest absolute Gasteiger partial charge is 0.269 e. The van der Waals surface area contributed by atoms with E-state index >= 15 is 0 Å². The monoisotopic (exact) mass is 132 g/mol. The molecule has 0 radical (unpaired) electrons. The van der Waals surface area contributed by atoms with Crippen molar-refractivity contribution in [2.75, 3.05) is 0 Å². The second kappa shape index (κ2) is 3.44. The van der Waals surface area contributed by atoms with Gasteiger partial charge in [-0.1, -0.05) is 29.8 Å². The summed E-state index contributed by atoms with van der Waals surface area (Å²) in [6, 6.07) is 9.44. The Morgan fingerprint density at radius 2 is 1.50 bits per heavy atom. The minimum atomic E-state index is 0. The molecule has 1 aromatic rings. The zero-order valence-electron chi connectivity index (χ0n) is 4.17. The summed E-state index contributed by atoms with van der Waals surface area (Å²) < 4.78 is 0. The molecule has 1 rings (SSSR count). The van der Waals surface area contributed by atoms with E-state index in [0.717, 1.165) is 5.02 Å². The number of halogens is 2. The Kier molecular flexibility index (Phi) is 3.20. The molecule has 0 saturated heterocycles. The van der Waals surface area contributed by atoms with Crippen molar-refractivity contribution in [1.29, 1.82) is 0 Å². The van der Waals surface area contributed by atoms with E-state index < -0.39 is 0 Å². The van der Waals surface area contributed by atoms with Crippen molar-refractivity contribution >= 4 is 11.6 Å². The zero-order chi connectivity index (χ0) is 5.11. The van der Waals surface area contributed by atoms with Crippen molar-refractivity contribution in [2.24, 2.45) is 0 Å². The highest BCUT2D eigenvalue weighted by molar-refractivity contribution is 6.30. The number of benzene rings is 1. The molecule has 0 bridgehead atoms. The molecular formula is C6H6ClF. The highest BCUT2D eigenvalue weighted by atomic mass is 35.5. The van der Waals surface area contributed by atoms with E-state index in [1.807, 2.05) is 30.3 Å². The molecule has 0 N–H and O–H groups in total. The molecule has 8 heavy (non-hydrogen) atoms. The lowest BCUT2D eigenvalue weighted by molar-refractivity contribution is 1.11. The van der Waals surface area contributed by atoms with Gasteiger partial charge in [0.2, 0.25) is 0 Å². The van der Waals surface area contributed by atoms with Crippen LogP contribution in [-0.4, -0.2) is 0 Å². The van der Waals surface area contributed by atoms with Crippen LogP contribution in [0.25, 0.3) is 0 Å². The molecule has 0 amide bonds. The van der Waals surface area contributed by atoms with Gasteiger partial charge < -0.3 is 0 Å². The maximum absolute atomic E-state index is 5.54. The molecule has 0 nitrogen and oxygen atoms in total. The van der Waals surface area contributed by atoms with Gasteiger partial charge in [-0.15, -0.1) is 0 Å². The lowest BCUT2D eigenvalue weighted by Crippen LogP contribution is -1.55. The summed E-state index contributed by atoms with van der Waals surface area (Å²) in [6.45, 7) is 0. The molecule has 0 unspecified atom stereocenters. The van der Waals surface area contributed by atoms with Crippen molar-refractivity contribution in [1.82, 2.24) is 0 Å². The van der Waals surface area contributed by atoms with E-state index in [1.54, 1.807) is 0 Å². The third kappa shape index (κ3) is 1.94. The molecule has 0 aliphatic carbocycles. The van der Waals surface area contributed by atoms with E-state index in [0.29, 0.717) is 0 Å². The smallest absolute Gasteiger partial charge is 0.0405 e. The third-order valence-corrected chi connectivity index (χ3v) is 0.985. The number of rotatable bonds is 0. The first-order valence-corrected chi connectivity index (χ1v) is 2.48. The van der Waals surface area contributed by atoms with Gasteiger partial charge >= 0.3 is 0 Å². The summed E-state index contributed by atoms with van der Waals surface area (Å²) in [6.07, 6.45) is 0. The molecule has 0 spiro atoms. The molecule has 0 saturated carbocycles. The molecule has 2 heteroatoms. The van der Waals surface area contributed by atoms with Gasteiger partial charge in [0, 0.05) is 5.02 Å². The Hall–Kier alpha value is -0.560. The molecule has 0 aromatic heterocycles. The van der Waals surface area contributed by atoms with E-state index in [-0.39, 0.29) is 4.70 Å². The molecular weight excluding hydrogens is 127 g/mol. The standard InChI is InChI=1S/C6H5Cl.FH/c7-6-4-2-1-3-5-6;/h1-5H;1H. The van der Waals surface area contributed by atoms with Crippen LogP contribution in [0.5, 0.6) is 0 Å². The minimum Gasteiger partial charge on any atom is -0.269 e. The average molecular weight is 133 g/mol. The first-order valence-electron chi connectivity index (χ1n) is 2.10.